The molecule has 0 spiro atoms. The summed E-state index contributed by atoms with van der Waals surface area (Å²) in [6, 6.07) is 10.8. The molecule has 1 unspecified atom stereocenters. The molecule has 1 amide bonds. The van der Waals surface area contributed by atoms with E-state index in [1.54, 1.807) is 29.2 Å². The van der Waals surface area contributed by atoms with E-state index in [4.69, 9.17) is 5.11 Å². The minimum Gasteiger partial charge on any atom is -0.481 e. The molecule has 2 aromatic heterocycles. The number of pyridine rings is 1. The summed E-state index contributed by atoms with van der Waals surface area (Å²) in [7, 11) is 0. The van der Waals surface area contributed by atoms with Crippen LogP contribution in [-0.4, -0.2) is 31.7 Å². The summed E-state index contributed by atoms with van der Waals surface area (Å²) in [6.45, 7) is 5.72. The lowest BCUT2D eigenvalue weighted by Crippen LogP contribution is -2.26. The summed E-state index contributed by atoms with van der Waals surface area (Å²) in [4.78, 5) is 27.5. The number of carbonyl (C=O) groups excluding carboxylic acids is 1. The number of aromatic nitrogens is 3. The number of nitrogens with one attached hydrogen (secondary N) is 1. The van der Waals surface area contributed by atoms with Gasteiger partial charge in [-0.3, -0.25) is 14.6 Å². The van der Waals surface area contributed by atoms with Gasteiger partial charge >= 0.3 is 5.97 Å². The van der Waals surface area contributed by atoms with Gasteiger partial charge in [-0.15, -0.1) is 0 Å². The van der Waals surface area contributed by atoms with Crippen LogP contribution in [0.25, 0.3) is 5.69 Å². The summed E-state index contributed by atoms with van der Waals surface area (Å²) in [5.74, 6) is -0.990. The molecule has 0 fully saturated rings. The van der Waals surface area contributed by atoms with Crippen molar-refractivity contribution in [2.45, 2.75) is 39.7 Å². The van der Waals surface area contributed by atoms with E-state index in [2.05, 4.69) is 15.4 Å². The van der Waals surface area contributed by atoms with E-state index in [1.807, 2.05) is 45.0 Å². The molecule has 1 aromatic carbocycles. The van der Waals surface area contributed by atoms with Gasteiger partial charge in [0, 0.05) is 30.1 Å². The zero-order chi connectivity index (χ0) is 21.0. The number of benzene rings is 1. The van der Waals surface area contributed by atoms with Crippen molar-refractivity contribution in [3.8, 4) is 5.69 Å². The van der Waals surface area contributed by atoms with Gasteiger partial charge in [0.25, 0.3) is 5.91 Å². The third-order valence-electron chi connectivity index (χ3n) is 4.94. The van der Waals surface area contributed by atoms with E-state index in [9.17, 15) is 9.59 Å². The first-order chi connectivity index (χ1) is 13.9. The number of hydrogen-bond donors (Lipinski definition) is 2. The highest BCUT2D eigenvalue weighted by Crippen LogP contribution is 2.20. The first-order valence-electron chi connectivity index (χ1n) is 9.45. The molecule has 0 bridgehead atoms. The highest BCUT2D eigenvalue weighted by atomic mass is 16.4. The minimum atomic E-state index is -0.826. The molecule has 2 N–H and O–H groups in total. The Bertz CT molecular complexity index is 1010. The molecular formula is C22H24N4O3. The lowest BCUT2D eigenvalue weighted by Gasteiger charge is -2.14. The van der Waals surface area contributed by atoms with Crippen LogP contribution >= 0.6 is 0 Å². The van der Waals surface area contributed by atoms with Gasteiger partial charge in [0.1, 0.15) is 0 Å². The van der Waals surface area contributed by atoms with Crippen molar-refractivity contribution in [3.63, 3.8) is 0 Å². The molecule has 150 valence electrons. The van der Waals surface area contributed by atoms with Gasteiger partial charge in [0.2, 0.25) is 0 Å². The zero-order valence-corrected chi connectivity index (χ0v) is 16.7. The van der Waals surface area contributed by atoms with Crippen LogP contribution in [0.15, 0.2) is 48.8 Å². The van der Waals surface area contributed by atoms with Crippen molar-refractivity contribution in [2.24, 2.45) is 0 Å². The fourth-order valence-corrected chi connectivity index (χ4v) is 3.27. The average Bonchev–Trinajstić information content (AvgIpc) is 3.00. The summed E-state index contributed by atoms with van der Waals surface area (Å²) >= 11 is 0. The van der Waals surface area contributed by atoms with Gasteiger partial charge in [0.15, 0.2) is 0 Å². The van der Waals surface area contributed by atoms with Gasteiger partial charge in [-0.05, 0) is 68.7 Å². The van der Waals surface area contributed by atoms with E-state index in [0.29, 0.717) is 12.0 Å². The molecule has 0 radical (unpaired) electrons. The van der Waals surface area contributed by atoms with E-state index >= 15 is 0 Å². The first kappa shape index (κ1) is 20.3. The van der Waals surface area contributed by atoms with Crippen LogP contribution < -0.4 is 5.32 Å². The second kappa shape index (κ2) is 8.68. The number of nitrogens with zero attached hydrogens (tertiary/aromatic N) is 3. The number of hydrogen-bond acceptors (Lipinski definition) is 4. The number of carboxylic acid groups (broad SMARTS) is 1. The molecular weight excluding hydrogens is 368 g/mol. The molecule has 0 aliphatic heterocycles. The standard InChI is InChI=1S/C22H24N4O3/c1-14(18-5-4-12-23-13-18)24-22(29)17-6-8-19(9-7-17)26-16(3)20(15(2)25-26)10-11-21(27)28/h4-9,12-14H,10-11H2,1-3H3,(H,24,29)(H,27,28). The Morgan fingerprint density at radius 2 is 1.90 bits per heavy atom. The summed E-state index contributed by atoms with van der Waals surface area (Å²) in [5.41, 5.74) is 4.98. The smallest absolute Gasteiger partial charge is 0.303 e. The van der Waals surface area contributed by atoms with Crippen LogP contribution in [0.3, 0.4) is 0 Å². The number of rotatable bonds is 7. The van der Waals surface area contributed by atoms with Crippen molar-refractivity contribution in [1.82, 2.24) is 20.1 Å². The Morgan fingerprint density at radius 3 is 2.52 bits per heavy atom. The molecule has 0 aliphatic carbocycles. The Labute approximate surface area is 169 Å². The average molecular weight is 392 g/mol. The third kappa shape index (κ3) is 4.68. The molecule has 1 atom stereocenters. The van der Waals surface area contributed by atoms with Gasteiger partial charge in [0.05, 0.1) is 17.4 Å². The van der Waals surface area contributed by atoms with E-state index < -0.39 is 5.97 Å². The zero-order valence-electron chi connectivity index (χ0n) is 16.7. The molecule has 0 aliphatic rings. The lowest BCUT2D eigenvalue weighted by molar-refractivity contribution is -0.136. The highest BCUT2D eigenvalue weighted by molar-refractivity contribution is 5.94. The number of aryl methyl sites for hydroxylation is 1. The van der Waals surface area contributed by atoms with Gasteiger partial charge in [-0.2, -0.15) is 5.10 Å². The van der Waals surface area contributed by atoms with Crippen molar-refractivity contribution in [3.05, 3.63) is 76.9 Å². The molecule has 2 heterocycles. The summed E-state index contributed by atoms with van der Waals surface area (Å²) in [6.07, 6.45) is 3.95. The number of carbonyl (C=O) groups is 2. The van der Waals surface area contributed by atoms with Crippen LogP contribution in [0.2, 0.25) is 0 Å². The van der Waals surface area contributed by atoms with Crippen LogP contribution in [-0.2, 0) is 11.2 Å². The maximum absolute atomic E-state index is 12.5. The third-order valence-corrected chi connectivity index (χ3v) is 4.94. The fourth-order valence-electron chi connectivity index (χ4n) is 3.27. The van der Waals surface area contributed by atoms with Crippen molar-refractivity contribution in [2.75, 3.05) is 0 Å². The van der Waals surface area contributed by atoms with E-state index in [0.717, 1.165) is 28.2 Å². The van der Waals surface area contributed by atoms with Gasteiger partial charge in [-0.25, -0.2) is 4.68 Å². The quantitative estimate of drug-likeness (QED) is 0.642. The predicted octanol–water partition coefficient (Wildman–Crippen LogP) is 3.39. The molecule has 7 nitrogen and oxygen atoms in total. The molecule has 29 heavy (non-hydrogen) atoms. The highest BCUT2D eigenvalue weighted by Gasteiger charge is 2.15. The molecule has 7 heteroatoms. The normalized spacial score (nSPS) is 11.8. The number of carboxylic acids is 1. The predicted molar refractivity (Wildman–Crippen MR) is 109 cm³/mol. The molecule has 0 saturated carbocycles. The fraction of sp³-hybridized carbons (Fsp3) is 0.273. The van der Waals surface area contributed by atoms with Gasteiger partial charge < -0.3 is 10.4 Å². The van der Waals surface area contributed by atoms with Crippen LogP contribution in [0.5, 0.6) is 0 Å². The molecule has 3 aromatic rings. The van der Waals surface area contributed by atoms with E-state index in [1.165, 1.54) is 0 Å². The second-order valence-electron chi connectivity index (χ2n) is 6.98. The molecule has 3 rings (SSSR count). The largest absolute Gasteiger partial charge is 0.481 e. The van der Waals surface area contributed by atoms with Crippen molar-refractivity contribution < 1.29 is 14.7 Å². The topological polar surface area (TPSA) is 97.1 Å². The molecule has 0 saturated heterocycles. The second-order valence-corrected chi connectivity index (χ2v) is 6.98. The van der Waals surface area contributed by atoms with Crippen molar-refractivity contribution >= 4 is 11.9 Å². The Kier molecular flexibility index (Phi) is 6.07. The first-order valence-corrected chi connectivity index (χ1v) is 9.45. The summed E-state index contributed by atoms with van der Waals surface area (Å²) < 4.78 is 1.78. The van der Waals surface area contributed by atoms with Crippen LogP contribution in [0.1, 0.15) is 52.3 Å². The maximum Gasteiger partial charge on any atom is 0.303 e. The Hall–Kier alpha value is -3.48. The van der Waals surface area contributed by atoms with Crippen molar-refractivity contribution in [1.29, 1.82) is 0 Å². The van der Waals surface area contributed by atoms with E-state index in [-0.39, 0.29) is 18.4 Å². The minimum absolute atomic E-state index is 0.0710. The van der Waals surface area contributed by atoms with Crippen LogP contribution in [0, 0.1) is 13.8 Å². The number of amides is 1. The number of aliphatic carboxylic acids is 1. The maximum atomic E-state index is 12.5. The SMILES string of the molecule is Cc1nn(-c2ccc(C(=O)NC(C)c3cccnc3)cc2)c(C)c1CCC(=O)O. The monoisotopic (exact) mass is 392 g/mol. The Balaban J connectivity index is 1.74. The summed E-state index contributed by atoms with van der Waals surface area (Å²) in [5, 5.41) is 16.4. The Morgan fingerprint density at radius 1 is 1.17 bits per heavy atom. The van der Waals surface area contributed by atoms with Crippen LogP contribution in [0.4, 0.5) is 0 Å². The lowest BCUT2D eigenvalue weighted by atomic mass is 10.1. The van der Waals surface area contributed by atoms with Gasteiger partial charge in [-0.1, -0.05) is 6.07 Å².